The molecule has 1 heterocycles. The molecule has 0 fully saturated rings. The molecule has 2 aromatic rings. The van der Waals surface area contributed by atoms with Gasteiger partial charge in [0.05, 0.1) is 24.0 Å². The number of nitrogens with zero attached hydrogens (tertiary/aromatic N) is 1. The Bertz CT molecular complexity index is 838. The van der Waals surface area contributed by atoms with Gasteiger partial charge in [0, 0.05) is 0 Å². The number of ether oxygens (including phenoxy) is 3. The number of carbonyl (C=O) groups excluding carboxylic acids is 2. The number of amides is 1. The molecular formula is C19H19NO5. The number of methoxy groups -OCH3 is 1. The molecule has 2 aromatic carbocycles. The lowest BCUT2D eigenvalue weighted by Gasteiger charge is -2.32. The summed E-state index contributed by atoms with van der Waals surface area (Å²) < 4.78 is 16.1. The number of hydrogen-bond acceptors (Lipinski definition) is 5. The molecule has 0 aliphatic carbocycles. The highest BCUT2D eigenvalue weighted by molar-refractivity contribution is 6.02. The van der Waals surface area contributed by atoms with Crippen molar-refractivity contribution in [2.75, 3.05) is 12.0 Å². The minimum atomic E-state index is -0.642. The number of benzene rings is 2. The van der Waals surface area contributed by atoms with Crippen LogP contribution in [0, 0.1) is 0 Å². The molecule has 0 atom stereocenters. The molecule has 1 aliphatic rings. The Kier molecular flexibility index (Phi) is 4.12. The number of hydrogen-bond donors (Lipinski definition) is 0. The van der Waals surface area contributed by atoms with Crippen LogP contribution in [0.5, 0.6) is 11.5 Å². The van der Waals surface area contributed by atoms with Crippen molar-refractivity contribution >= 4 is 23.4 Å². The summed E-state index contributed by atoms with van der Waals surface area (Å²) in [5.41, 5.74) is 0.775. The first kappa shape index (κ1) is 16.8. The van der Waals surface area contributed by atoms with E-state index in [0.717, 1.165) is 0 Å². The van der Waals surface area contributed by atoms with Crippen molar-refractivity contribution in [1.29, 1.82) is 0 Å². The summed E-state index contributed by atoms with van der Waals surface area (Å²) in [4.78, 5) is 26.0. The monoisotopic (exact) mass is 341 g/mol. The van der Waals surface area contributed by atoms with Crippen LogP contribution in [0.3, 0.4) is 0 Å². The molecule has 6 nitrogen and oxygen atoms in total. The Labute approximate surface area is 145 Å². The van der Waals surface area contributed by atoms with Gasteiger partial charge in [0.25, 0.3) is 0 Å². The van der Waals surface area contributed by atoms with Crippen LogP contribution in [0.1, 0.15) is 31.1 Å². The molecule has 0 radical (unpaired) electrons. The summed E-state index contributed by atoms with van der Waals surface area (Å²) >= 11 is 0. The smallest absolute Gasteiger partial charge is 0.419 e. The molecule has 3 rings (SSSR count). The van der Waals surface area contributed by atoms with E-state index in [1.54, 1.807) is 57.2 Å². The third kappa shape index (κ3) is 3.28. The van der Waals surface area contributed by atoms with E-state index in [4.69, 9.17) is 14.2 Å². The van der Waals surface area contributed by atoms with Crippen molar-refractivity contribution in [2.24, 2.45) is 0 Å². The molecular weight excluding hydrogens is 322 g/mol. The summed E-state index contributed by atoms with van der Waals surface area (Å²) in [6, 6.07) is 11.9. The molecule has 0 bridgehead atoms. The van der Waals surface area contributed by atoms with E-state index in [9.17, 15) is 9.59 Å². The van der Waals surface area contributed by atoms with Crippen LogP contribution < -0.4 is 9.64 Å². The van der Waals surface area contributed by atoms with Crippen molar-refractivity contribution in [1.82, 2.24) is 0 Å². The molecule has 0 spiro atoms. The van der Waals surface area contributed by atoms with Gasteiger partial charge < -0.3 is 14.2 Å². The minimum Gasteiger partial charge on any atom is -0.465 e. The van der Waals surface area contributed by atoms with Crippen molar-refractivity contribution in [2.45, 2.75) is 26.4 Å². The number of fused-ring (bicyclic) bond motifs is 2. The maximum absolute atomic E-state index is 12.8. The summed E-state index contributed by atoms with van der Waals surface area (Å²) in [5, 5.41) is 0. The van der Waals surface area contributed by atoms with Crippen LogP contribution in [-0.4, -0.2) is 24.8 Å². The van der Waals surface area contributed by atoms with Crippen LogP contribution in [0.25, 0.3) is 0 Å². The summed E-state index contributed by atoms with van der Waals surface area (Å²) in [6.07, 6.45) is -0.518. The summed E-state index contributed by atoms with van der Waals surface area (Å²) in [5.74, 6) is 0.407. The molecule has 130 valence electrons. The molecule has 0 saturated heterocycles. The topological polar surface area (TPSA) is 65.1 Å². The first-order valence-corrected chi connectivity index (χ1v) is 7.82. The lowest BCUT2D eigenvalue weighted by atomic mass is 10.1. The molecule has 1 aliphatic heterocycles. The Morgan fingerprint density at radius 2 is 1.68 bits per heavy atom. The molecule has 25 heavy (non-hydrogen) atoms. The van der Waals surface area contributed by atoms with Crippen molar-refractivity contribution in [3.05, 3.63) is 48.0 Å². The van der Waals surface area contributed by atoms with Gasteiger partial charge in [-0.15, -0.1) is 0 Å². The van der Waals surface area contributed by atoms with Crippen LogP contribution in [-0.2, 0) is 9.47 Å². The highest BCUT2D eigenvalue weighted by Crippen LogP contribution is 2.47. The standard InChI is InChI=1S/C19H19NO5/c1-19(2,3)25-18(22)20-13-7-5-6-8-15(13)24-16-11-12(17(21)23-4)9-10-14(16)20/h5-11H,1-4H3. The van der Waals surface area contributed by atoms with Crippen LogP contribution in [0.2, 0.25) is 0 Å². The second-order valence-electron chi connectivity index (χ2n) is 6.56. The van der Waals surface area contributed by atoms with E-state index >= 15 is 0 Å². The van der Waals surface area contributed by atoms with Gasteiger partial charge in [0.2, 0.25) is 0 Å². The Hall–Kier alpha value is -3.02. The first-order valence-electron chi connectivity index (χ1n) is 7.82. The quantitative estimate of drug-likeness (QED) is 0.706. The van der Waals surface area contributed by atoms with Gasteiger partial charge >= 0.3 is 12.1 Å². The average Bonchev–Trinajstić information content (AvgIpc) is 2.56. The average molecular weight is 341 g/mol. The molecule has 0 unspecified atom stereocenters. The predicted molar refractivity (Wildman–Crippen MR) is 92.7 cm³/mol. The SMILES string of the molecule is COC(=O)c1ccc2c(c1)Oc1ccccc1N2C(=O)OC(C)(C)C. The van der Waals surface area contributed by atoms with Gasteiger partial charge in [-0.1, -0.05) is 12.1 Å². The Morgan fingerprint density at radius 3 is 2.36 bits per heavy atom. The second-order valence-corrected chi connectivity index (χ2v) is 6.56. The fourth-order valence-electron chi connectivity index (χ4n) is 2.51. The number of carbonyl (C=O) groups is 2. The third-order valence-electron chi connectivity index (χ3n) is 3.52. The lowest BCUT2D eigenvalue weighted by Crippen LogP contribution is -2.35. The van der Waals surface area contributed by atoms with Crippen molar-refractivity contribution in [3.63, 3.8) is 0 Å². The first-order chi connectivity index (χ1) is 11.8. The predicted octanol–water partition coefficient (Wildman–Crippen LogP) is 4.65. The van der Waals surface area contributed by atoms with Gasteiger partial charge in [-0.25, -0.2) is 14.5 Å². The summed E-state index contributed by atoms with van der Waals surface area (Å²) in [6.45, 7) is 5.41. The molecule has 0 saturated carbocycles. The highest BCUT2D eigenvalue weighted by Gasteiger charge is 2.33. The fraction of sp³-hybridized carbons (Fsp3) is 0.263. The zero-order chi connectivity index (χ0) is 18.2. The van der Waals surface area contributed by atoms with E-state index in [2.05, 4.69) is 0 Å². The van der Waals surface area contributed by atoms with Crippen molar-refractivity contribution < 1.29 is 23.8 Å². The van der Waals surface area contributed by atoms with E-state index in [1.165, 1.54) is 12.0 Å². The number of rotatable bonds is 1. The van der Waals surface area contributed by atoms with Crippen LogP contribution >= 0.6 is 0 Å². The van der Waals surface area contributed by atoms with E-state index < -0.39 is 17.7 Å². The number of para-hydroxylation sites is 2. The number of esters is 1. The minimum absolute atomic E-state index is 0.338. The van der Waals surface area contributed by atoms with Gasteiger partial charge in [-0.05, 0) is 51.1 Å². The Balaban J connectivity index is 2.09. The zero-order valence-electron chi connectivity index (χ0n) is 14.5. The summed E-state index contributed by atoms with van der Waals surface area (Å²) in [7, 11) is 1.31. The molecule has 1 amide bonds. The van der Waals surface area contributed by atoms with Crippen LogP contribution in [0.15, 0.2) is 42.5 Å². The molecule has 6 heteroatoms. The largest absolute Gasteiger partial charge is 0.465 e. The van der Waals surface area contributed by atoms with Crippen LogP contribution in [0.4, 0.5) is 16.2 Å². The zero-order valence-corrected chi connectivity index (χ0v) is 14.5. The normalized spacial score (nSPS) is 12.6. The highest BCUT2D eigenvalue weighted by atomic mass is 16.6. The molecule has 0 N–H and O–H groups in total. The van der Waals surface area contributed by atoms with Gasteiger partial charge in [0.1, 0.15) is 5.60 Å². The lowest BCUT2D eigenvalue weighted by molar-refractivity contribution is 0.0591. The number of anilines is 2. The van der Waals surface area contributed by atoms with Crippen molar-refractivity contribution in [3.8, 4) is 11.5 Å². The second kappa shape index (κ2) is 6.12. The van der Waals surface area contributed by atoms with Gasteiger partial charge in [-0.2, -0.15) is 0 Å². The maximum Gasteiger partial charge on any atom is 0.419 e. The molecule has 0 aromatic heterocycles. The fourth-order valence-corrected chi connectivity index (χ4v) is 2.51. The Morgan fingerprint density at radius 1 is 1.00 bits per heavy atom. The van der Waals surface area contributed by atoms with E-state index in [-0.39, 0.29) is 0 Å². The van der Waals surface area contributed by atoms with Gasteiger partial charge in [0.15, 0.2) is 11.5 Å². The third-order valence-corrected chi connectivity index (χ3v) is 3.52. The maximum atomic E-state index is 12.8. The van der Waals surface area contributed by atoms with E-state index in [0.29, 0.717) is 28.4 Å². The van der Waals surface area contributed by atoms with Gasteiger partial charge in [-0.3, -0.25) is 0 Å². The van der Waals surface area contributed by atoms with E-state index in [1.807, 2.05) is 6.07 Å².